The van der Waals surface area contributed by atoms with E-state index in [2.05, 4.69) is 15.5 Å². The molecule has 104 valence electrons. The van der Waals surface area contributed by atoms with Gasteiger partial charge in [0.2, 0.25) is 11.7 Å². The van der Waals surface area contributed by atoms with Gasteiger partial charge in [-0.3, -0.25) is 0 Å². The Bertz CT molecular complexity index is 483. The van der Waals surface area contributed by atoms with Gasteiger partial charge in [0.15, 0.2) is 0 Å². The van der Waals surface area contributed by atoms with Crippen LogP contribution in [0.1, 0.15) is 18.7 Å². The minimum Gasteiger partial charge on any atom is -0.377 e. The fraction of sp³-hybridized carbons (Fsp3) is 0.500. The topological polar surface area (TPSA) is 60.2 Å². The summed E-state index contributed by atoms with van der Waals surface area (Å²) in [7, 11) is 0. The average Bonchev–Trinajstić information content (AvgIpc) is 3.12. The summed E-state index contributed by atoms with van der Waals surface area (Å²) in [6.45, 7) is 2.32. The molecular weight excluding hydrogens is 286 g/mol. The molecular formula is C12H16ClN3O2S. The van der Waals surface area contributed by atoms with E-state index < -0.39 is 0 Å². The van der Waals surface area contributed by atoms with Crippen LogP contribution in [0.25, 0.3) is 10.7 Å². The predicted octanol–water partition coefficient (Wildman–Crippen LogP) is 2.49. The van der Waals surface area contributed by atoms with E-state index >= 15 is 0 Å². The molecule has 2 aromatic heterocycles. The standard InChI is InChI=1S/C12H15N3O2S.ClH/c1-3-9(16-5-1)7-13-8-11-14-12(15-17-11)10-4-2-6-18-10;/h2,4,6,9,13H,1,3,5,7-8H2;1H. The monoisotopic (exact) mass is 301 g/mol. The highest BCUT2D eigenvalue weighted by atomic mass is 35.5. The fourth-order valence-corrected chi connectivity index (χ4v) is 2.63. The molecule has 1 aliphatic heterocycles. The third-order valence-electron chi connectivity index (χ3n) is 2.88. The highest BCUT2D eigenvalue weighted by Gasteiger charge is 2.15. The van der Waals surface area contributed by atoms with Gasteiger partial charge in [0.1, 0.15) is 0 Å². The first kappa shape index (κ1) is 14.5. The summed E-state index contributed by atoms with van der Waals surface area (Å²) in [4.78, 5) is 5.38. The number of hydrogen-bond donors (Lipinski definition) is 1. The Hall–Kier alpha value is -0.950. The van der Waals surface area contributed by atoms with Crippen molar-refractivity contribution in [3.05, 3.63) is 23.4 Å². The number of ether oxygens (including phenoxy) is 1. The largest absolute Gasteiger partial charge is 0.377 e. The summed E-state index contributed by atoms with van der Waals surface area (Å²) in [5.74, 6) is 1.29. The predicted molar refractivity (Wildman–Crippen MR) is 75.5 cm³/mol. The second-order valence-corrected chi connectivity index (χ2v) is 5.20. The lowest BCUT2D eigenvalue weighted by atomic mass is 10.2. The van der Waals surface area contributed by atoms with Crippen molar-refractivity contribution in [2.45, 2.75) is 25.5 Å². The third-order valence-corrected chi connectivity index (χ3v) is 3.75. The Morgan fingerprint density at radius 1 is 1.47 bits per heavy atom. The molecule has 3 rings (SSSR count). The molecule has 1 atom stereocenters. The molecule has 3 heterocycles. The van der Waals surface area contributed by atoms with Crippen LogP contribution in [0.2, 0.25) is 0 Å². The van der Waals surface area contributed by atoms with Crippen LogP contribution in [0.3, 0.4) is 0 Å². The number of aromatic nitrogens is 2. The minimum atomic E-state index is 0. The average molecular weight is 302 g/mol. The lowest BCUT2D eigenvalue weighted by Crippen LogP contribution is -2.25. The van der Waals surface area contributed by atoms with E-state index in [4.69, 9.17) is 9.26 Å². The van der Waals surface area contributed by atoms with Crippen LogP contribution in [0.5, 0.6) is 0 Å². The SMILES string of the molecule is Cl.c1csc(-c2noc(CNCC3CCCO3)n2)c1. The Balaban J connectivity index is 0.00000133. The van der Waals surface area contributed by atoms with Gasteiger partial charge in [-0.25, -0.2) is 0 Å². The van der Waals surface area contributed by atoms with E-state index in [1.165, 1.54) is 0 Å². The number of halogens is 1. The highest BCUT2D eigenvalue weighted by molar-refractivity contribution is 7.13. The highest BCUT2D eigenvalue weighted by Crippen LogP contribution is 2.21. The van der Waals surface area contributed by atoms with E-state index in [9.17, 15) is 0 Å². The van der Waals surface area contributed by atoms with Crippen molar-refractivity contribution >= 4 is 23.7 Å². The lowest BCUT2D eigenvalue weighted by Gasteiger charge is -2.08. The molecule has 1 unspecified atom stereocenters. The van der Waals surface area contributed by atoms with Crippen molar-refractivity contribution in [2.75, 3.05) is 13.2 Å². The van der Waals surface area contributed by atoms with Gasteiger partial charge in [-0.15, -0.1) is 23.7 Å². The van der Waals surface area contributed by atoms with Crippen molar-refractivity contribution in [3.63, 3.8) is 0 Å². The number of nitrogens with one attached hydrogen (secondary N) is 1. The summed E-state index contributed by atoms with van der Waals surface area (Å²) in [6, 6.07) is 3.96. The summed E-state index contributed by atoms with van der Waals surface area (Å²) in [5, 5.41) is 9.25. The molecule has 0 radical (unpaired) electrons. The van der Waals surface area contributed by atoms with Crippen LogP contribution in [-0.4, -0.2) is 29.4 Å². The quantitative estimate of drug-likeness (QED) is 0.919. The zero-order valence-corrected chi connectivity index (χ0v) is 12.0. The van der Waals surface area contributed by atoms with Gasteiger partial charge >= 0.3 is 0 Å². The molecule has 0 aromatic carbocycles. The van der Waals surface area contributed by atoms with Gasteiger partial charge in [0.25, 0.3) is 0 Å². The van der Waals surface area contributed by atoms with Gasteiger partial charge in [0.05, 0.1) is 17.5 Å². The second kappa shape index (κ2) is 7.00. The maximum Gasteiger partial charge on any atom is 0.240 e. The van der Waals surface area contributed by atoms with Crippen LogP contribution in [0, 0.1) is 0 Å². The Labute approximate surface area is 121 Å². The lowest BCUT2D eigenvalue weighted by molar-refractivity contribution is 0.109. The van der Waals surface area contributed by atoms with E-state index in [-0.39, 0.29) is 12.4 Å². The van der Waals surface area contributed by atoms with E-state index in [1.807, 2.05) is 17.5 Å². The van der Waals surface area contributed by atoms with Gasteiger partial charge in [-0.05, 0) is 24.3 Å². The number of thiophene rings is 1. The van der Waals surface area contributed by atoms with Gasteiger partial charge in [-0.2, -0.15) is 4.98 Å². The zero-order valence-electron chi connectivity index (χ0n) is 10.4. The number of nitrogens with zero attached hydrogens (tertiary/aromatic N) is 2. The summed E-state index contributed by atoms with van der Waals surface area (Å²) >= 11 is 1.61. The van der Waals surface area contributed by atoms with Crippen molar-refractivity contribution in [2.24, 2.45) is 0 Å². The Morgan fingerprint density at radius 3 is 3.16 bits per heavy atom. The molecule has 0 amide bonds. The molecule has 0 saturated carbocycles. The van der Waals surface area contributed by atoms with E-state index in [0.717, 1.165) is 30.9 Å². The van der Waals surface area contributed by atoms with Crippen molar-refractivity contribution < 1.29 is 9.26 Å². The molecule has 7 heteroatoms. The third kappa shape index (κ3) is 3.76. The zero-order chi connectivity index (χ0) is 12.2. The first-order chi connectivity index (χ1) is 8.92. The summed E-state index contributed by atoms with van der Waals surface area (Å²) in [5.41, 5.74) is 0. The van der Waals surface area contributed by atoms with Crippen molar-refractivity contribution in [1.29, 1.82) is 0 Å². The van der Waals surface area contributed by atoms with E-state index in [0.29, 0.717) is 24.4 Å². The number of rotatable bonds is 5. The molecule has 1 fully saturated rings. The first-order valence-corrected chi connectivity index (χ1v) is 6.98. The molecule has 5 nitrogen and oxygen atoms in total. The smallest absolute Gasteiger partial charge is 0.240 e. The molecule has 19 heavy (non-hydrogen) atoms. The molecule has 1 N–H and O–H groups in total. The van der Waals surface area contributed by atoms with Gasteiger partial charge in [0, 0.05) is 13.2 Å². The molecule has 0 spiro atoms. The Kier molecular flexibility index (Phi) is 5.33. The van der Waals surface area contributed by atoms with Crippen molar-refractivity contribution in [3.8, 4) is 10.7 Å². The fourth-order valence-electron chi connectivity index (χ4n) is 1.98. The normalized spacial score (nSPS) is 18.4. The maximum absolute atomic E-state index is 5.53. The van der Waals surface area contributed by atoms with Crippen LogP contribution in [0.15, 0.2) is 22.0 Å². The van der Waals surface area contributed by atoms with Gasteiger partial charge < -0.3 is 14.6 Å². The molecule has 0 bridgehead atoms. The van der Waals surface area contributed by atoms with Gasteiger partial charge in [-0.1, -0.05) is 11.2 Å². The minimum absolute atomic E-state index is 0. The first-order valence-electron chi connectivity index (χ1n) is 6.10. The van der Waals surface area contributed by atoms with Crippen LogP contribution in [-0.2, 0) is 11.3 Å². The van der Waals surface area contributed by atoms with E-state index in [1.54, 1.807) is 11.3 Å². The molecule has 1 aliphatic rings. The summed E-state index contributed by atoms with van der Waals surface area (Å²) < 4.78 is 10.7. The van der Waals surface area contributed by atoms with Crippen LogP contribution >= 0.6 is 23.7 Å². The maximum atomic E-state index is 5.53. The Morgan fingerprint density at radius 2 is 2.42 bits per heavy atom. The number of hydrogen-bond acceptors (Lipinski definition) is 6. The van der Waals surface area contributed by atoms with Crippen LogP contribution < -0.4 is 5.32 Å². The molecule has 1 saturated heterocycles. The molecule has 0 aliphatic carbocycles. The summed E-state index contributed by atoms with van der Waals surface area (Å²) in [6.07, 6.45) is 2.64. The molecule has 2 aromatic rings. The van der Waals surface area contributed by atoms with Crippen LogP contribution in [0.4, 0.5) is 0 Å². The van der Waals surface area contributed by atoms with Crippen molar-refractivity contribution in [1.82, 2.24) is 15.5 Å². The second-order valence-electron chi connectivity index (χ2n) is 4.25.